The van der Waals surface area contributed by atoms with E-state index in [0.717, 1.165) is 0 Å². The number of amides is 1. The van der Waals surface area contributed by atoms with Crippen LogP contribution in [0, 0.1) is 13.8 Å². The fraction of sp³-hybridized carbons (Fsp3) is 0.150. The number of aryl methyl sites for hydroxylation is 2. The zero-order chi connectivity index (χ0) is 22.1. The number of carbonyl (C=O) groups is 1. The number of para-hydroxylation sites is 1. The van der Waals surface area contributed by atoms with Gasteiger partial charge in [-0.15, -0.1) is 0 Å². The summed E-state index contributed by atoms with van der Waals surface area (Å²) in [6, 6.07) is 12.6. The van der Waals surface area contributed by atoms with E-state index >= 15 is 0 Å². The minimum absolute atomic E-state index is 0.0214. The molecule has 0 atom stereocenters. The molecule has 0 radical (unpaired) electrons. The number of anilines is 1. The summed E-state index contributed by atoms with van der Waals surface area (Å²) < 4.78 is 28.0. The van der Waals surface area contributed by atoms with Crippen LogP contribution >= 0.6 is 11.6 Å². The van der Waals surface area contributed by atoms with Crippen LogP contribution in [0.4, 0.5) is 5.69 Å². The Bertz CT molecular complexity index is 1300. The molecule has 0 saturated heterocycles. The van der Waals surface area contributed by atoms with Crippen molar-refractivity contribution in [1.82, 2.24) is 14.5 Å². The van der Waals surface area contributed by atoms with Crippen LogP contribution in [0.15, 0.2) is 58.2 Å². The maximum atomic E-state index is 12.7. The number of carbonyl (C=O) groups excluding carboxylic acids is 1. The molecule has 0 bridgehead atoms. The summed E-state index contributed by atoms with van der Waals surface area (Å²) in [6.45, 7) is 3.31. The minimum Gasteiger partial charge on any atom is -0.320 e. The third kappa shape index (κ3) is 4.28. The van der Waals surface area contributed by atoms with Gasteiger partial charge in [0.2, 0.25) is 15.5 Å². The molecule has 0 aliphatic heterocycles. The van der Waals surface area contributed by atoms with Crippen molar-refractivity contribution in [3.8, 4) is 5.69 Å². The first-order chi connectivity index (χ1) is 14.1. The molecule has 0 unspecified atom stereocenters. The van der Waals surface area contributed by atoms with Crippen molar-refractivity contribution in [2.75, 3.05) is 12.4 Å². The number of aromatic nitrogens is 2. The highest BCUT2D eigenvalue weighted by Crippen LogP contribution is 2.21. The maximum Gasteiger partial charge on any atom is 0.280 e. The first kappa shape index (κ1) is 21.7. The van der Waals surface area contributed by atoms with Gasteiger partial charge in [0.1, 0.15) is 0 Å². The molecule has 2 aromatic carbocycles. The molecule has 3 aromatic rings. The van der Waals surface area contributed by atoms with E-state index < -0.39 is 21.4 Å². The SMILES string of the molecule is CNS(=O)(=O)c1cc(NC(=O)c2nn(-c3ccccc3Cl)c(C)cc2=O)ccc1C. The Morgan fingerprint density at radius 2 is 1.80 bits per heavy atom. The number of nitrogens with one attached hydrogen (secondary N) is 2. The fourth-order valence-electron chi connectivity index (χ4n) is 2.84. The van der Waals surface area contributed by atoms with Crippen LogP contribution in [0.25, 0.3) is 5.69 Å². The van der Waals surface area contributed by atoms with E-state index in [1.54, 1.807) is 50.2 Å². The van der Waals surface area contributed by atoms with E-state index in [4.69, 9.17) is 11.6 Å². The number of benzene rings is 2. The van der Waals surface area contributed by atoms with Crippen LogP contribution in [-0.2, 0) is 10.0 Å². The molecule has 3 rings (SSSR count). The molecule has 0 spiro atoms. The standard InChI is InChI=1S/C20H19ClN4O4S/c1-12-8-9-14(11-18(12)30(28,29)22-3)23-20(27)19-17(26)10-13(2)25(24-19)16-7-5-4-6-15(16)21/h4-11,22H,1-3H3,(H,23,27). The molecular weight excluding hydrogens is 428 g/mol. The average molecular weight is 447 g/mol. The van der Waals surface area contributed by atoms with Crippen molar-refractivity contribution in [1.29, 1.82) is 0 Å². The van der Waals surface area contributed by atoms with Crippen molar-refractivity contribution >= 4 is 33.2 Å². The highest BCUT2D eigenvalue weighted by atomic mass is 35.5. The van der Waals surface area contributed by atoms with E-state index in [-0.39, 0.29) is 16.3 Å². The van der Waals surface area contributed by atoms with Gasteiger partial charge < -0.3 is 5.32 Å². The Balaban J connectivity index is 2.01. The molecule has 10 heteroatoms. The lowest BCUT2D eigenvalue weighted by Crippen LogP contribution is -2.27. The van der Waals surface area contributed by atoms with Crippen molar-refractivity contribution in [3.63, 3.8) is 0 Å². The predicted molar refractivity (Wildman–Crippen MR) is 115 cm³/mol. The number of hydrogen-bond acceptors (Lipinski definition) is 5. The monoisotopic (exact) mass is 446 g/mol. The fourth-order valence-corrected chi connectivity index (χ4v) is 4.05. The van der Waals surface area contributed by atoms with E-state index in [1.807, 2.05) is 0 Å². The second-order valence-corrected chi connectivity index (χ2v) is 8.77. The van der Waals surface area contributed by atoms with Gasteiger partial charge in [-0.3, -0.25) is 9.59 Å². The van der Waals surface area contributed by atoms with Gasteiger partial charge >= 0.3 is 0 Å². The smallest absolute Gasteiger partial charge is 0.280 e. The van der Waals surface area contributed by atoms with E-state index in [9.17, 15) is 18.0 Å². The molecule has 0 aliphatic carbocycles. The summed E-state index contributed by atoms with van der Waals surface area (Å²) in [7, 11) is -2.41. The zero-order valence-corrected chi connectivity index (χ0v) is 18.0. The van der Waals surface area contributed by atoms with E-state index in [0.29, 0.717) is 22.0 Å². The lowest BCUT2D eigenvalue weighted by atomic mass is 10.2. The Labute approximate surface area is 178 Å². The highest BCUT2D eigenvalue weighted by molar-refractivity contribution is 7.89. The maximum absolute atomic E-state index is 12.7. The number of hydrogen-bond donors (Lipinski definition) is 2. The van der Waals surface area contributed by atoms with E-state index in [2.05, 4.69) is 15.1 Å². The number of rotatable bonds is 5. The quantitative estimate of drug-likeness (QED) is 0.626. The predicted octanol–water partition coefficient (Wildman–Crippen LogP) is 2.66. The molecule has 0 saturated carbocycles. The molecule has 0 aliphatic rings. The van der Waals surface area contributed by atoms with Crippen LogP contribution < -0.4 is 15.5 Å². The van der Waals surface area contributed by atoms with Gasteiger partial charge in [-0.2, -0.15) is 5.10 Å². The number of halogens is 1. The molecule has 156 valence electrons. The van der Waals surface area contributed by atoms with Crippen LogP contribution in [-0.4, -0.2) is 31.2 Å². The summed E-state index contributed by atoms with van der Waals surface area (Å²) in [4.78, 5) is 25.2. The molecule has 1 heterocycles. The topological polar surface area (TPSA) is 110 Å². The molecule has 30 heavy (non-hydrogen) atoms. The first-order valence-electron chi connectivity index (χ1n) is 8.85. The van der Waals surface area contributed by atoms with Crippen molar-refractivity contribution in [3.05, 3.63) is 80.7 Å². The highest BCUT2D eigenvalue weighted by Gasteiger charge is 2.19. The number of nitrogens with zero attached hydrogens (tertiary/aromatic N) is 2. The van der Waals surface area contributed by atoms with Crippen molar-refractivity contribution < 1.29 is 13.2 Å². The molecule has 1 amide bonds. The Kier molecular flexibility index (Phi) is 6.06. The van der Waals surface area contributed by atoms with Crippen molar-refractivity contribution in [2.24, 2.45) is 0 Å². The Hall–Kier alpha value is -3.01. The van der Waals surface area contributed by atoms with Gasteiger partial charge in [-0.05, 0) is 50.7 Å². The largest absolute Gasteiger partial charge is 0.320 e. The van der Waals surface area contributed by atoms with Gasteiger partial charge in [-0.1, -0.05) is 29.8 Å². The Morgan fingerprint density at radius 1 is 1.10 bits per heavy atom. The summed E-state index contributed by atoms with van der Waals surface area (Å²) in [5.41, 5.74) is 0.829. The van der Waals surface area contributed by atoms with Gasteiger partial charge in [0, 0.05) is 17.4 Å². The molecule has 1 aromatic heterocycles. The summed E-state index contributed by atoms with van der Waals surface area (Å²) in [5.74, 6) is -0.766. The second-order valence-electron chi connectivity index (χ2n) is 6.50. The van der Waals surface area contributed by atoms with Gasteiger partial charge in [-0.25, -0.2) is 17.8 Å². The van der Waals surface area contributed by atoms with Gasteiger partial charge in [0.15, 0.2) is 5.69 Å². The third-order valence-corrected chi connectivity index (χ3v) is 6.28. The van der Waals surface area contributed by atoms with Gasteiger partial charge in [0.25, 0.3) is 5.91 Å². The summed E-state index contributed by atoms with van der Waals surface area (Å²) >= 11 is 6.22. The van der Waals surface area contributed by atoms with Crippen LogP contribution in [0.2, 0.25) is 5.02 Å². The zero-order valence-electron chi connectivity index (χ0n) is 16.4. The third-order valence-electron chi connectivity index (χ3n) is 4.41. The van der Waals surface area contributed by atoms with E-state index in [1.165, 1.54) is 23.9 Å². The normalized spacial score (nSPS) is 11.3. The molecule has 8 nitrogen and oxygen atoms in total. The summed E-state index contributed by atoms with van der Waals surface area (Å²) in [5, 5.41) is 7.12. The summed E-state index contributed by atoms with van der Waals surface area (Å²) in [6.07, 6.45) is 0. The Morgan fingerprint density at radius 3 is 2.47 bits per heavy atom. The van der Waals surface area contributed by atoms with Crippen LogP contribution in [0.5, 0.6) is 0 Å². The van der Waals surface area contributed by atoms with Crippen LogP contribution in [0.3, 0.4) is 0 Å². The first-order valence-corrected chi connectivity index (χ1v) is 10.7. The van der Waals surface area contributed by atoms with Gasteiger partial charge in [0.05, 0.1) is 15.6 Å². The average Bonchev–Trinajstić information content (AvgIpc) is 2.70. The van der Waals surface area contributed by atoms with Crippen LogP contribution in [0.1, 0.15) is 21.7 Å². The minimum atomic E-state index is -3.71. The molecular formula is C20H19ClN4O4S. The molecule has 0 fully saturated rings. The second kappa shape index (κ2) is 8.39. The molecule has 2 N–H and O–H groups in total. The van der Waals surface area contributed by atoms with Crippen molar-refractivity contribution in [2.45, 2.75) is 18.7 Å². The number of sulfonamides is 1. The lowest BCUT2D eigenvalue weighted by Gasteiger charge is -2.13. The lowest BCUT2D eigenvalue weighted by molar-refractivity contribution is 0.101.